The van der Waals surface area contributed by atoms with Crippen molar-refractivity contribution in [3.63, 3.8) is 0 Å². The van der Waals surface area contributed by atoms with E-state index in [2.05, 4.69) is 29.6 Å². The Morgan fingerprint density at radius 2 is 2.00 bits per heavy atom. The molecule has 0 aliphatic carbocycles. The maximum absolute atomic E-state index is 4.15. The highest BCUT2D eigenvalue weighted by molar-refractivity contribution is 7.11. The van der Waals surface area contributed by atoms with E-state index in [4.69, 9.17) is 0 Å². The number of hydrogen-bond donors (Lipinski definition) is 1. The molecule has 1 aromatic heterocycles. The van der Waals surface area contributed by atoms with Crippen LogP contribution in [-0.4, -0.2) is 6.21 Å². The van der Waals surface area contributed by atoms with Crippen molar-refractivity contribution in [3.8, 4) is 0 Å². The van der Waals surface area contributed by atoms with E-state index in [0.717, 1.165) is 10.6 Å². The normalized spacial score (nSPS) is 10.7. The second-order valence-electron chi connectivity index (χ2n) is 3.25. The molecule has 2 aromatic rings. The summed E-state index contributed by atoms with van der Waals surface area (Å²) in [5.41, 5.74) is 5.25. The fourth-order valence-electron chi connectivity index (χ4n) is 1.16. The van der Waals surface area contributed by atoms with Crippen molar-refractivity contribution in [2.24, 2.45) is 5.10 Å². The highest BCUT2D eigenvalue weighted by Crippen LogP contribution is 2.09. The van der Waals surface area contributed by atoms with E-state index in [-0.39, 0.29) is 0 Å². The zero-order valence-corrected chi connectivity index (χ0v) is 9.29. The Morgan fingerprint density at radius 3 is 2.67 bits per heavy atom. The highest BCUT2D eigenvalue weighted by atomic mass is 32.1. The van der Waals surface area contributed by atoms with E-state index in [1.165, 1.54) is 5.56 Å². The van der Waals surface area contributed by atoms with Crippen molar-refractivity contribution in [2.45, 2.75) is 6.92 Å². The Balaban J connectivity index is 1.96. The van der Waals surface area contributed by atoms with Crippen LogP contribution in [0.1, 0.15) is 10.4 Å². The summed E-state index contributed by atoms with van der Waals surface area (Å²) in [6.07, 6.45) is 1.82. The summed E-state index contributed by atoms with van der Waals surface area (Å²) < 4.78 is 0. The third kappa shape index (κ3) is 2.92. The van der Waals surface area contributed by atoms with E-state index >= 15 is 0 Å². The molecule has 1 heterocycles. The number of thiophene rings is 1. The van der Waals surface area contributed by atoms with Crippen molar-refractivity contribution in [1.82, 2.24) is 0 Å². The molecule has 2 rings (SSSR count). The third-order valence-corrected chi connectivity index (χ3v) is 2.79. The van der Waals surface area contributed by atoms with Crippen LogP contribution >= 0.6 is 11.3 Å². The number of aryl methyl sites for hydroxylation is 1. The van der Waals surface area contributed by atoms with Crippen molar-refractivity contribution < 1.29 is 0 Å². The molecule has 0 spiro atoms. The molecule has 0 amide bonds. The van der Waals surface area contributed by atoms with Crippen molar-refractivity contribution in [2.75, 3.05) is 5.43 Å². The molecule has 0 atom stereocenters. The summed E-state index contributed by atoms with van der Waals surface area (Å²) in [6, 6.07) is 12.2. The lowest BCUT2D eigenvalue weighted by Gasteiger charge is -1.99. The first-order valence-electron chi connectivity index (χ1n) is 4.74. The molecule has 0 fully saturated rings. The predicted octanol–water partition coefficient (Wildman–Crippen LogP) is 3.50. The van der Waals surface area contributed by atoms with Gasteiger partial charge in [0.15, 0.2) is 0 Å². The van der Waals surface area contributed by atoms with Gasteiger partial charge >= 0.3 is 0 Å². The number of hydrogen-bond acceptors (Lipinski definition) is 3. The molecule has 15 heavy (non-hydrogen) atoms. The second-order valence-corrected chi connectivity index (χ2v) is 4.23. The number of anilines is 1. The second kappa shape index (κ2) is 4.75. The quantitative estimate of drug-likeness (QED) is 0.616. The van der Waals surface area contributed by atoms with Gasteiger partial charge in [-0.15, -0.1) is 11.3 Å². The first kappa shape index (κ1) is 9.93. The number of nitrogens with one attached hydrogen (secondary N) is 1. The fourth-order valence-corrected chi connectivity index (χ4v) is 1.75. The number of rotatable bonds is 3. The SMILES string of the molecule is Cc1ccc(N/N=C/c2cccs2)cc1. The Hall–Kier alpha value is -1.61. The predicted molar refractivity (Wildman–Crippen MR) is 66.7 cm³/mol. The summed E-state index contributed by atoms with van der Waals surface area (Å²) >= 11 is 1.67. The van der Waals surface area contributed by atoms with E-state index < -0.39 is 0 Å². The van der Waals surface area contributed by atoms with Crippen LogP contribution in [0.4, 0.5) is 5.69 Å². The topological polar surface area (TPSA) is 24.4 Å². The zero-order chi connectivity index (χ0) is 10.5. The van der Waals surface area contributed by atoms with Crippen molar-refractivity contribution >= 4 is 23.2 Å². The fraction of sp³-hybridized carbons (Fsp3) is 0.0833. The highest BCUT2D eigenvalue weighted by Gasteiger charge is 1.89. The molecule has 1 aromatic carbocycles. The monoisotopic (exact) mass is 216 g/mol. The Kier molecular flexibility index (Phi) is 3.15. The van der Waals surface area contributed by atoms with Crippen LogP contribution < -0.4 is 5.43 Å². The summed E-state index contributed by atoms with van der Waals surface area (Å²) in [4.78, 5) is 1.15. The first-order chi connectivity index (χ1) is 7.34. The molecule has 3 heteroatoms. The van der Waals surface area contributed by atoms with Gasteiger partial charge in [-0.2, -0.15) is 5.10 Å². The van der Waals surface area contributed by atoms with Gasteiger partial charge < -0.3 is 0 Å². The average molecular weight is 216 g/mol. The van der Waals surface area contributed by atoms with Gasteiger partial charge in [0, 0.05) is 4.88 Å². The van der Waals surface area contributed by atoms with Crippen LogP contribution in [0, 0.1) is 6.92 Å². The van der Waals surface area contributed by atoms with E-state index in [1.54, 1.807) is 11.3 Å². The molecule has 0 saturated heterocycles. The van der Waals surface area contributed by atoms with E-state index in [1.807, 2.05) is 35.9 Å². The van der Waals surface area contributed by atoms with Gasteiger partial charge in [0.05, 0.1) is 11.9 Å². The maximum Gasteiger partial charge on any atom is 0.0644 e. The van der Waals surface area contributed by atoms with Gasteiger partial charge in [0.2, 0.25) is 0 Å². The lowest BCUT2D eigenvalue weighted by atomic mass is 10.2. The van der Waals surface area contributed by atoms with Gasteiger partial charge in [-0.25, -0.2) is 0 Å². The summed E-state index contributed by atoms with van der Waals surface area (Å²) in [6.45, 7) is 2.07. The van der Waals surface area contributed by atoms with Gasteiger partial charge in [0.25, 0.3) is 0 Å². The minimum absolute atomic E-state index is 1.01. The van der Waals surface area contributed by atoms with Crippen LogP contribution in [0.3, 0.4) is 0 Å². The molecule has 0 unspecified atom stereocenters. The zero-order valence-electron chi connectivity index (χ0n) is 8.47. The summed E-state index contributed by atoms with van der Waals surface area (Å²) in [5.74, 6) is 0. The molecule has 0 aliphatic heterocycles. The van der Waals surface area contributed by atoms with Gasteiger partial charge in [-0.05, 0) is 30.5 Å². The molecular formula is C12H12N2S. The van der Waals surface area contributed by atoms with Gasteiger partial charge in [-0.1, -0.05) is 23.8 Å². The standard InChI is InChI=1S/C12H12N2S/c1-10-4-6-11(7-5-10)14-13-9-12-3-2-8-15-12/h2-9,14H,1H3/b13-9+. The van der Waals surface area contributed by atoms with Gasteiger partial charge in [0.1, 0.15) is 0 Å². The Labute approximate surface area is 93.3 Å². The van der Waals surface area contributed by atoms with Gasteiger partial charge in [-0.3, -0.25) is 5.43 Å². The largest absolute Gasteiger partial charge is 0.278 e. The minimum Gasteiger partial charge on any atom is -0.278 e. The average Bonchev–Trinajstić information content (AvgIpc) is 2.74. The van der Waals surface area contributed by atoms with Crippen LogP contribution in [0.5, 0.6) is 0 Å². The minimum atomic E-state index is 1.01. The number of hydrazone groups is 1. The molecular weight excluding hydrogens is 204 g/mol. The van der Waals surface area contributed by atoms with Crippen LogP contribution in [0.2, 0.25) is 0 Å². The lowest BCUT2D eigenvalue weighted by Crippen LogP contribution is -1.88. The molecule has 0 radical (unpaired) electrons. The molecule has 2 nitrogen and oxygen atoms in total. The molecule has 76 valence electrons. The molecule has 0 saturated carbocycles. The van der Waals surface area contributed by atoms with Crippen molar-refractivity contribution in [3.05, 3.63) is 52.2 Å². The van der Waals surface area contributed by atoms with Crippen LogP contribution in [-0.2, 0) is 0 Å². The van der Waals surface area contributed by atoms with E-state index in [0.29, 0.717) is 0 Å². The summed E-state index contributed by atoms with van der Waals surface area (Å²) in [7, 11) is 0. The lowest BCUT2D eigenvalue weighted by molar-refractivity contribution is 1.34. The Morgan fingerprint density at radius 1 is 1.20 bits per heavy atom. The smallest absolute Gasteiger partial charge is 0.0644 e. The third-order valence-electron chi connectivity index (χ3n) is 1.98. The Bertz CT molecular complexity index is 429. The maximum atomic E-state index is 4.15. The number of nitrogens with zero attached hydrogens (tertiary/aromatic N) is 1. The molecule has 1 N–H and O–H groups in total. The molecule has 0 bridgehead atoms. The van der Waals surface area contributed by atoms with E-state index in [9.17, 15) is 0 Å². The molecule has 0 aliphatic rings. The number of benzene rings is 1. The van der Waals surface area contributed by atoms with Crippen LogP contribution in [0.15, 0.2) is 46.9 Å². The van der Waals surface area contributed by atoms with Crippen molar-refractivity contribution in [1.29, 1.82) is 0 Å². The first-order valence-corrected chi connectivity index (χ1v) is 5.62. The summed E-state index contributed by atoms with van der Waals surface area (Å²) in [5, 5.41) is 6.18. The van der Waals surface area contributed by atoms with Crippen LogP contribution in [0.25, 0.3) is 0 Å².